The van der Waals surface area contributed by atoms with Gasteiger partial charge in [-0.15, -0.1) is 0 Å². The number of rotatable bonds is 7. The monoisotopic (exact) mass is 235 g/mol. The Bertz CT molecular complexity index is 350. The molecule has 1 rings (SSSR count). The van der Waals surface area contributed by atoms with Gasteiger partial charge in [0.2, 0.25) is 5.91 Å². The van der Waals surface area contributed by atoms with E-state index >= 15 is 0 Å². The van der Waals surface area contributed by atoms with E-state index in [4.69, 9.17) is 5.11 Å². The highest BCUT2D eigenvalue weighted by atomic mass is 16.2. The first kappa shape index (κ1) is 13.7. The van der Waals surface area contributed by atoms with E-state index in [2.05, 4.69) is 24.4 Å². The molecule has 0 heterocycles. The number of nitrogens with one attached hydrogen (secondary N) is 1. The number of hydrogen-bond acceptors (Lipinski definition) is 2. The summed E-state index contributed by atoms with van der Waals surface area (Å²) in [6, 6.07) is 8.21. The highest BCUT2D eigenvalue weighted by molar-refractivity contribution is 5.75. The van der Waals surface area contributed by atoms with Crippen molar-refractivity contribution in [2.24, 2.45) is 0 Å². The second-order valence-electron chi connectivity index (χ2n) is 4.21. The van der Waals surface area contributed by atoms with Gasteiger partial charge in [-0.1, -0.05) is 24.3 Å². The fourth-order valence-corrected chi connectivity index (χ4v) is 1.71. The molecule has 3 nitrogen and oxygen atoms in total. The fourth-order valence-electron chi connectivity index (χ4n) is 1.71. The summed E-state index contributed by atoms with van der Waals surface area (Å²) in [5.41, 5.74) is 2.55. The van der Waals surface area contributed by atoms with E-state index in [0.717, 1.165) is 12.8 Å². The quantitative estimate of drug-likeness (QED) is 0.708. The van der Waals surface area contributed by atoms with E-state index < -0.39 is 0 Å². The average Bonchev–Trinajstić information content (AvgIpc) is 2.32. The van der Waals surface area contributed by atoms with Crippen LogP contribution in [0.4, 0.5) is 0 Å². The van der Waals surface area contributed by atoms with Crippen LogP contribution < -0.4 is 5.32 Å². The van der Waals surface area contributed by atoms with Crippen LogP contribution in [0.25, 0.3) is 0 Å². The van der Waals surface area contributed by atoms with Crippen LogP contribution in [0, 0.1) is 6.92 Å². The van der Waals surface area contributed by atoms with Crippen LogP contribution in [0.15, 0.2) is 24.3 Å². The molecule has 0 saturated carbocycles. The molecule has 0 aromatic heterocycles. The van der Waals surface area contributed by atoms with Gasteiger partial charge in [-0.05, 0) is 37.3 Å². The molecule has 0 spiro atoms. The third-order valence-electron chi connectivity index (χ3n) is 2.79. The number of carbonyl (C=O) groups excluding carboxylic acids is 1. The second-order valence-corrected chi connectivity index (χ2v) is 4.21. The predicted octanol–water partition coefficient (Wildman–Crippen LogP) is 1.82. The van der Waals surface area contributed by atoms with E-state index in [1.165, 1.54) is 11.1 Å². The highest BCUT2D eigenvalue weighted by Crippen LogP contribution is 2.06. The summed E-state index contributed by atoms with van der Waals surface area (Å²) in [7, 11) is 0. The van der Waals surface area contributed by atoms with Crippen molar-refractivity contribution >= 4 is 5.91 Å². The van der Waals surface area contributed by atoms with Crippen molar-refractivity contribution < 1.29 is 9.90 Å². The molecule has 1 aromatic carbocycles. The first-order chi connectivity index (χ1) is 8.24. The average molecular weight is 235 g/mol. The zero-order chi connectivity index (χ0) is 12.5. The lowest BCUT2D eigenvalue weighted by Crippen LogP contribution is -2.25. The zero-order valence-electron chi connectivity index (χ0n) is 10.4. The molecule has 0 aliphatic rings. The molecule has 0 aliphatic heterocycles. The Morgan fingerprint density at radius 2 is 2.06 bits per heavy atom. The maximum atomic E-state index is 11.4. The Balaban J connectivity index is 2.19. The Labute approximate surface area is 103 Å². The lowest BCUT2D eigenvalue weighted by Gasteiger charge is -2.07. The normalized spacial score (nSPS) is 10.2. The molecule has 94 valence electrons. The standard InChI is InChI=1S/C14H21NO2/c1-12-6-2-3-7-13(12)9-10-15-14(17)8-4-5-11-16/h2-3,6-7,16H,4-5,8-11H2,1H3,(H,15,17). The van der Waals surface area contributed by atoms with Gasteiger partial charge in [-0.3, -0.25) is 4.79 Å². The maximum Gasteiger partial charge on any atom is 0.220 e. The first-order valence-electron chi connectivity index (χ1n) is 6.16. The van der Waals surface area contributed by atoms with Crippen LogP contribution in [0.3, 0.4) is 0 Å². The third kappa shape index (κ3) is 5.50. The number of amides is 1. The molecule has 1 amide bonds. The maximum absolute atomic E-state index is 11.4. The van der Waals surface area contributed by atoms with Gasteiger partial charge in [0.25, 0.3) is 0 Å². The van der Waals surface area contributed by atoms with E-state index in [9.17, 15) is 4.79 Å². The van der Waals surface area contributed by atoms with Crippen molar-refractivity contribution in [2.45, 2.75) is 32.6 Å². The summed E-state index contributed by atoms with van der Waals surface area (Å²) in [6.07, 6.45) is 2.84. The summed E-state index contributed by atoms with van der Waals surface area (Å²) in [5, 5.41) is 11.5. The molecule has 0 saturated heterocycles. The van der Waals surface area contributed by atoms with Gasteiger partial charge in [0.15, 0.2) is 0 Å². The van der Waals surface area contributed by atoms with Gasteiger partial charge in [0, 0.05) is 19.6 Å². The Morgan fingerprint density at radius 1 is 1.29 bits per heavy atom. The Hall–Kier alpha value is -1.35. The van der Waals surface area contributed by atoms with Gasteiger partial charge >= 0.3 is 0 Å². The van der Waals surface area contributed by atoms with Crippen LogP contribution >= 0.6 is 0 Å². The summed E-state index contributed by atoms with van der Waals surface area (Å²) >= 11 is 0. The molecule has 2 N–H and O–H groups in total. The highest BCUT2D eigenvalue weighted by Gasteiger charge is 2.01. The molecule has 0 fully saturated rings. The zero-order valence-corrected chi connectivity index (χ0v) is 10.4. The molecule has 0 bridgehead atoms. The van der Waals surface area contributed by atoms with Crippen molar-refractivity contribution in [3.8, 4) is 0 Å². The number of aliphatic hydroxyl groups is 1. The fraction of sp³-hybridized carbons (Fsp3) is 0.500. The lowest BCUT2D eigenvalue weighted by atomic mass is 10.1. The molecular formula is C14H21NO2. The molecule has 17 heavy (non-hydrogen) atoms. The number of aliphatic hydroxyl groups excluding tert-OH is 1. The van der Waals surface area contributed by atoms with Gasteiger partial charge < -0.3 is 10.4 Å². The van der Waals surface area contributed by atoms with Crippen LogP contribution in [-0.4, -0.2) is 24.2 Å². The van der Waals surface area contributed by atoms with E-state index in [0.29, 0.717) is 19.4 Å². The number of aryl methyl sites for hydroxylation is 1. The molecule has 0 atom stereocenters. The van der Waals surface area contributed by atoms with Gasteiger partial charge in [-0.2, -0.15) is 0 Å². The number of benzene rings is 1. The van der Waals surface area contributed by atoms with E-state index in [1.54, 1.807) is 0 Å². The van der Waals surface area contributed by atoms with Crippen LogP contribution in [0.5, 0.6) is 0 Å². The minimum absolute atomic E-state index is 0.0760. The van der Waals surface area contributed by atoms with Crippen molar-refractivity contribution in [3.63, 3.8) is 0 Å². The van der Waals surface area contributed by atoms with Gasteiger partial charge in [0.1, 0.15) is 0 Å². The second kappa shape index (κ2) is 7.85. The Morgan fingerprint density at radius 3 is 2.76 bits per heavy atom. The summed E-state index contributed by atoms with van der Waals surface area (Å²) in [5.74, 6) is 0.0760. The molecule has 0 radical (unpaired) electrons. The van der Waals surface area contributed by atoms with Crippen LogP contribution in [-0.2, 0) is 11.2 Å². The number of hydrogen-bond donors (Lipinski definition) is 2. The SMILES string of the molecule is Cc1ccccc1CCNC(=O)CCCCO. The van der Waals surface area contributed by atoms with Crippen molar-refractivity contribution in [1.82, 2.24) is 5.32 Å². The van der Waals surface area contributed by atoms with Crippen molar-refractivity contribution in [3.05, 3.63) is 35.4 Å². The van der Waals surface area contributed by atoms with Crippen molar-refractivity contribution in [1.29, 1.82) is 0 Å². The smallest absolute Gasteiger partial charge is 0.220 e. The summed E-state index contributed by atoms with van der Waals surface area (Å²) in [4.78, 5) is 11.4. The minimum Gasteiger partial charge on any atom is -0.396 e. The molecular weight excluding hydrogens is 214 g/mol. The Kier molecular flexibility index (Phi) is 6.33. The van der Waals surface area contributed by atoms with E-state index in [-0.39, 0.29) is 12.5 Å². The third-order valence-corrected chi connectivity index (χ3v) is 2.79. The minimum atomic E-state index is 0.0760. The topological polar surface area (TPSA) is 49.3 Å². The summed E-state index contributed by atoms with van der Waals surface area (Å²) in [6.45, 7) is 2.93. The lowest BCUT2D eigenvalue weighted by molar-refractivity contribution is -0.121. The first-order valence-corrected chi connectivity index (χ1v) is 6.16. The molecule has 1 aromatic rings. The van der Waals surface area contributed by atoms with E-state index in [1.807, 2.05) is 12.1 Å². The van der Waals surface area contributed by atoms with Crippen LogP contribution in [0.2, 0.25) is 0 Å². The summed E-state index contributed by atoms with van der Waals surface area (Å²) < 4.78 is 0. The molecule has 0 unspecified atom stereocenters. The van der Waals surface area contributed by atoms with Crippen LogP contribution in [0.1, 0.15) is 30.4 Å². The number of unbranched alkanes of at least 4 members (excludes halogenated alkanes) is 1. The molecule has 3 heteroatoms. The van der Waals surface area contributed by atoms with Gasteiger partial charge in [-0.25, -0.2) is 0 Å². The molecule has 0 aliphatic carbocycles. The largest absolute Gasteiger partial charge is 0.396 e. The predicted molar refractivity (Wildman–Crippen MR) is 68.8 cm³/mol. The van der Waals surface area contributed by atoms with Gasteiger partial charge in [0.05, 0.1) is 0 Å². The number of carbonyl (C=O) groups is 1. The van der Waals surface area contributed by atoms with Crippen molar-refractivity contribution in [2.75, 3.05) is 13.2 Å².